The van der Waals surface area contributed by atoms with E-state index in [1.165, 1.54) is 6.33 Å². The van der Waals surface area contributed by atoms with Crippen LogP contribution in [0.25, 0.3) is 0 Å². The van der Waals surface area contributed by atoms with E-state index in [4.69, 9.17) is 5.73 Å². The summed E-state index contributed by atoms with van der Waals surface area (Å²) in [7, 11) is 0. The molecule has 0 spiro atoms. The van der Waals surface area contributed by atoms with Crippen molar-refractivity contribution in [2.24, 2.45) is 0 Å². The van der Waals surface area contributed by atoms with Crippen LogP contribution in [-0.4, -0.2) is 9.97 Å². The van der Waals surface area contributed by atoms with Gasteiger partial charge in [0, 0.05) is 0 Å². The smallest absolute Gasteiger partial charge is 0.116 e. The number of hydrogen-bond donors (Lipinski definition) is 1. The molecule has 0 unspecified atom stereocenters. The lowest BCUT2D eigenvalue weighted by Gasteiger charge is -1.98. The molecule has 1 heterocycles. The van der Waals surface area contributed by atoms with Gasteiger partial charge < -0.3 is 5.73 Å². The molecule has 0 aliphatic heterocycles. The predicted molar refractivity (Wildman–Crippen MR) is 35.9 cm³/mol. The number of nitrogen functional groups attached to an aromatic ring is 1. The normalized spacial score (nSPS) is 9.56. The van der Waals surface area contributed by atoms with E-state index in [1.807, 2.05) is 13.8 Å². The van der Waals surface area contributed by atoms with Crippen molar-refractivity contribution in [1.29, 1.82) is 0 Å². The third kappa shape index (κ3) is 0.988. The van der Waals surface area contributed by atoms with E-state index >= 15 is 0 Å². The number of aromatic nitrogens is 2. The molecular weight excluding hydrogens is 114 g/mol. The lowest BCUT2D eigenvalue weighted by molar-refractivity contribution is 1.06. The Morgan fingerprint density at radius 3 is 2.00 bits per heavy atom. The molecule has 0 radical (unpaired) electrons. The summed E-state index contributed by atoms with van der Waals surface area (Å²) in [5.41, 5.74) is 7.95. The highest BCUT2D eigenvalue weighted by Gasteiger charge is 1.95. The van der Waals surface area contributed by atoms with Crippen molar-refractivity contribution in [3.8, 4) is 0 Å². The third-order valence-corrected chi connectivity index (χ3v) is 1.28. The van der Waals surface area contributed by atoms with Gasteiger partial charge in [-0.25, -0.2) is 9.97 Å². The minimum absolute atomic E-state index is 0.692. The summed E-state index contributed by atoms with van der Waals surface area (Å²) in [5, 5.41) is 0. The molecule has 0 aliphatic carbocycles. The number of rotatable bonds is 0. The molecule has 0 bridgehead atoms. The largest absolute Gasteiger partial charge is 0.396 e. The summed E-state index contributed by atoms with van der Waals surface area (Å²) in [5.74, 6) is 0. The Hall–Kier alpha value is -1.12. The van der Waals surface area contributed by atoms with Crippen LogP contribution in [0.2, 0.25) is 0 Å². The Labute approximate surface area is 53.9 Å². The highest BCUT2D eigenvalue weighted by Crippen LogP contribution is 2.07. The quantitative estimate of drug-likeness (QED) is 0.551. The molecule has 0 aromatic carbocycles. The first-order valence-corrected chi connectivity index (χ1v) is 2.75. The number of nitrogens with zero attached hydrogens (tertiary/aromatic N) is 2. The highest BCUT2D eigenvalue weighted by atomic mass is 14.9. The van der Waals surface area contributed by atoms with Gasteiger partial charge in [-0.2, -0.15) is 0 Å². The summed E-state index contributed by atoms with van der Waals surface area (Å²) in [4.78, 5) is 7.81. The van der Waals surface area contributed by atoms with Gasteiger partial charge >= 0.3 is 0 Å². The molecule has 0 amide bonds. The minimum atomic E-state index is 0.692. The standard InChI is InChI=1S/C6H9N3/c1-4-6(7)5(2)9-3-8-4/h3H,7H2,1-2H3. The summed E-state index contributed by atoms with van der Waals surface area (Å²) >= 11 is 0. The van der Waals surface area contributed by atoms with Crippen LogP contribution in [-0.2, 0) is 0 Å². The molecule has 1 aromatic rings. The molecular formula is C6H9N3. The second-order valence-electron chi connectivity index (χ2n) is 1.96. The summed E-state index contributed by atoms with van der Waals surface area (Å²) in [6.07, 6.45) is 1.51. The van der Waals surface area contributed by atoms with E-state index in [2.05, 4.69) is 9.97 Å². The summed E-state index contributed by atoms with van der Waals surface area (Å²) in [6.45, 7) is 3.73. The van der Waals surface area contributed by atoms with Crippen molar-refractivity contribution in [3.63, 3.8) is 0 Å². The highest BCUT2D eigenvalue weighted by molar-refractivity contribution is 5.45. The van der Waals surface area contributed by atoms with Crippen LogP contribution in [0.3, 0.4) is 0 Å². The van der Waals surface area contributed by atoms with Crippen LogP contribution in [0.5, 0.6) is 0 Å². The fraction of sp³-hybridized carbons (Fsp3) is 0.333. The second-order valence-corrected chi connectivity index (χ2v) is 1.96. The van der Waals surface area contributed by atoms with Crippen molar-refractivity contribution < 1.29 is 0 Å². The summed E-state index contributed by atoms with van der Waals surface area (Å²) in [6, 6.07) is 0. The zero-order chi connectivity index (χ0) is 6.85. The molecule has 0 aliphatic rings. The zero-order valence-electron chi connectivity index (χ0n) is 5.55. The van der Waals surface area contributed by atoms with Crippen LogP contribution in [0.4, 0.5) is 5.69 Å². The lowest BCUT2D eigenvalue weighted by Crippen LogP contribution is -1.97. The first kappa shape index (κ1) is 6.01. The van der Waals surface area contributed by atoms with Crippen LogP contribution < -0.4 is 5.73 Å². The van der Waals surface area contributed by atoms with E-state index in [0.29, 0.717) is 5.69 Å². The van der Waals surface area contributed by atoms with Gasteiger partial charge in [0.05, 0.1) is 17.1 Å². The average molecular weight is 123 g/mol. The van der Waals surface area contributed by atoms with Crippen molar-refractivity contribution in [3.05, 3.63) is 17.7 Å². The Morgan fingerprint density at radius 1 is 1.22 bits per heavy atom. The van der Waals surface area contributed by atoms with Crippen LogP contribution in [0.15, 0.2) is 6.33 Å². The molecule has 0 saturated carbocycles. The Balaban J connectivity index is 3.25. The van der Waals surface area contributed by atoms with E-state index in [9.17, 15) is 0 Å². The fourth-order valence-corrected chi connectivity index (χ4v) is 0.603. The molecule has 3 nitrogen and oxygen atoms in total. The zero-order valence-corrected chi connectivity index (χ0v) is 5.55. The Kier molecular flexibility index (Phi) is 1.34. The van der Waals surface area contributed by atoms with Gasteiger partial charge in [-0.3, -0.25) is 0 Å². The molecule has 1 aromatic heterocycles. The van der Waals surface area contributed by atoms with Gasteiger partial charge in [0.1, 0.15) is 6.33 Å². The Bertz CT molecular complexity index is 199. The van der Waals surface area contributed by atoms with E-state index in [1.54, 1.807) is 0 Å². The minimum Gasteiger partial charge on any atom is -0.396 e. The molecule has 3 heteroatoms. The van der Waals surface area contributed by atoms with Gasteiger partial charge in [0.25, 0.3) is 0 Å². The van der Waals surface area contributed by atoms with E-state index < -0.39 is 0 Å². The van der Waals surface area contributed by atoms with E-state index in [0.717, 1.165) is 11.4 Å². The SMILES string of the molecule is Cc1ncnc(C)c1N. The first-order chi connectivity index (χ1) is 4.22. The maximum absolute atomic E-state index is 5.56. The molecule has 48 valence electrons. The molecule has 0 saturated heterocycles. The third-order valence-electron chi connectivity index (χ3n) is 1.28. The van der Waals surface area contributed by atoms with Gasteiger partial charge in [-0.1, -0.05) is 0 Å². The maximum Gasteiger partial charge on any atom is 0.116 e. The topological polar surface area (TPSA) is 51.8 Å². The lowest BCUT2D eigenvalue weighted by atomic mass is 10.3. The number of aryl methyl sites for hydroxylation is 2. The van der Waals surface area contributed by atoms with Crippen molar-refractivity contribution in [1.82, 2.24) is 9.97 Å². The molecule has 9 heavy (non-hydrogen) atoms. The van der Waals surface area contributed by atoms with E-state index in [-0.39, 0.29) is 0 Å². The summed E-state index contributed by atoms with van der Waals surface area (Å²) < 4.78 is 0. The molecule has 2 N–H and O–H groups in total. The number of anilines is 1. The number of nitrogens with two attached hydrogens (primary N) is 1. The van der Waals surface area contributed by atoms with Crippen molar-refractivity contribution in [2.75, 3.05) is 5.73 Å². The maximum atomic E-state index is 5.56. The van der Waals surface area contributed by atoms with Crippen LogP contribution in [0.1, 0.15) is 11.4 Å². The number of hydrogen-bond acceptors (Lipinski definition) is 3. The molecule has 1 rings (SSSR count). The van der Waals surface area contributed by atoms with Crippen LogP contribution >= 0.6 is 0 Å². The second kappa shape index (κ2) is 2.01. The monoisotopic (exact) mass is 123 g/mol. The average Bonchev–Trinajstić information content (AvgIpc) is 1.83. The predicted octanol–water partition coefficient (Wildman–Crippen LogP) is 0.676. The van der Waals surface area contributed by atoms with Crippen LogP contribution in [0, 0.1) is 13.8 Å². The molecule has 0 fully saturated rings. The Morgan fingerprint density at radius 2 is 1.67 bits per heavy atom. The van der Waals surface area contributed by atoms with Gasteiger partial charge in [0.15, 0.2) is 0 Å². The molecule has 0 atom stereocenters. The van der Waals surface area contributed by atoms with Gasteiger partial charge in [-0.15, -0.1) is 0 Å². The van der Waals surface area contributed by atoms with Crippen molar-refractivity contribution in [2.45, 2.75) is 13.8 Å². The van der Waals surface area contributed by atoms with Gasteiger partial charge in [-0.05, 0) is 13.8 Å². The van der Waals surface area contributed by atoms with Gasteiger partial charge in [0.2, 0.25) is 0 Å². The fourth-order valence-electron chi connectivity index (χ4n) is 0.603. The first-order valence-electron chi connectivity index (χ1n) is 2.75. The van der Waals surface area contributed by atoms with Crippen molar-refractivity contribution >= 4 is 5.69 Å².